The molecule has 0 saturated carbocycles. The quantitative estimate of drug-likeness (QED) is 0.502. The molecule has 3 nitrogen and oxygen atoms in total. The number of terminal acetylenes is 1. The van der Waals surface area contributed by atoms with Crippen LogP contribution in [0, 0.1) is 12.3 Å². The highest BCUT2D eigenvalue weighted by Gasteiger charge is 2.10. The van der Waals surface area contributed by atoms with Crippen molar-refractivity contribution in [2.75, 3.05) is 0 Å². The highest BCUT2D eigenvalue weighted by Crippen LogP contribution is 2.27. The average Bonchev–Trinajstić information content (AvgIpc) is 3.00. The molecule has 0 saturated heterocycles. The van der Waals surface area contributed by atoms with E-state index in [4.69, 9.17) is 6.42 Å². The lowest BCUT2D eigenvalue weighted by molar-refractivity contribution is 0.0998. The molecule has 4 rings (SSSR count). The molecule has 0 aliphatic carbocycles. The first-order chi connectivity index (χ1) is 12.3. The zero-order valence-corrected chi connectivity index (χ0v) is 14.2. The molecule has 0 unspecified atom stereocenters. The maximum absolute atomic E-state index is 12.5. The van der Waals surface area contributed by atoms with Crippen LogP contribution in [-0.2, 0) is 6.54 Å². The standard InChI is InChI=1S/C21H14N2OS/c1-2-14-23-18-13-12-15-8-6-7-11-17(15)19(18)25-21(23)22-20(24)16-9-4-3-5-10-16/h1,3-13H,14H2. The van der Waals surface area contributed by atoms with Crippen LogP contribution in [0.25, 0.3) is 21.0 Å². The first-order valence-corrected chi connectivity index (χ1v) is 8.68. The number of rotatable bonds is 2. The van der Waals surface area contributed by atoms with Crippen LogP contribution in [0.15, 0.2) is 71.7 Å². The molecule has 0 atom stereocenters. The third kappa shape index (κ3) is 2.75. The van der Waals surface area contributed by atoms with Gasteiger partial charge in [-0.1, -0.05) is 65.8 Å². The molecule has 3 aromatic carbocycles. The van der Waals surface area contributed by atoms with E-state index >= 15 is 0 Å². The number of carbonyl (C=O) groups excluding carboxylic acids is 1. The largest absolute Gasteiger partial charge is 0.305 e. The van der Waals surface area contributed by atoms with Crippen LogP contribution in [-0.4, -0.2) is 10.5 Å². The Bertz CT molecular complexity index is 1190. The molecular formula is C21H14N2OS. The maximum atomic E-state index is 12.5. The van der Waals surface area contributed by atoms with Gasteiger partial charge in [0.1, 0.15) is 0 Å². The minimum atomic E-state index is -0.262. The summed E-state index contributed by atoms with van der Waals surface area (Å²) in [5.41, 5.74) is 1.57. The SMILES string of the molecule is C#CCn1c(=NC(=O)c2ccccc2)sc2c3ccccc3ccc21. The van der Waals surface area contributed by atoms with Gasteiger partial charge in [-0.3, -0.25) is 4.79 Å². The van der Waals surface area contributed by atoms with E-state index in [1.807, 2.05) is 41.0 Å². The molecule has 4 heteroatoms. The molecule has 4 aromatic rings. The van der Waals surface area contributed by atoms with Crippen molar-refractivity contribution in [1.29, 1.82) is 0 Å². The van der Waals surface area contributed by atoms with Gasteiger partial charge in [0, 0.05) is 10.9 Å². The van der Waals surface area contributed by atoms with Crippen LogP contribution in [0.1, 0.15) is 10.4 Å². The highest BCUT2D eigenvalue weighted by molar-refractivity contribution is 7.17. The third-order valence-corrected chi connectivity index (χ3v) is 5.17. The predicted octanol–water partition coefficient (Wildman–Crippen LogP) is 4.23. The lowest BCUT2D eigenvalue weighted by Gasteiger charge is -2.02. The second-order valence-electron chi connectivity index (χ2n) is 5.59. The van der Waals surface area contributed by atoms with Crippen molar-refractivity contribution >= 4 is 38.2 Å². The number of amides is 1. The summed E-state index contributed by atoms with van der Waals surface area (Å²) in [6.07, 6.45) is 5.54. The van der Waals surface area contributed by atoms with Gasteiger partial charge in [0.05, 0.1) is 16.8 Å². The summed E-state index contributed by atoms with van der Waals surface area (Å²) in [4.78, 5) is 17.4. The molecule has 0 aliphatic rings. The molecule has 0 fully saturated rings. The minimum absolute atomic E-state index is 0.262. The van der Waals surface area contributed by atoms with Crippen LogP contribution >= 0.6 is 11.3 Å². The zero-order valence-electron chi connectivity index (χ0n) is 13.3. The smallest absolute Gasteiger partial charge is 0.279 e. The molecule has 120 valence electrons. The van der Waals surface area contributed by atoms with E-state index < -0.39 is 0 Å². The fourth-order valence-electron chi connectivity index (χ4n) is 2.86. The number of carbonyl (C=O) groups is 1. The summed E-state index contributed by atoms with van der Waals surface area (Å²) in [5, 5.41) is 2.30. The van der Waals surface area contributed by atoms with Crippen LogP contribution < -0.4 is 4.80 Å². The maximum Gasteiger partial charge on any atom is 0.279 e. The summed E-state index contributed by atoms with van der Waals surface area (Å²) in [5.74, 6) is 2.40. The molecule has 25 heavy (non-hydrogen) atoms. The highest BCUT2D eigenvalue weighted by atomic mass is 32.1. The van der Waals surface area contributed by atoms with E-state index in [1.54, 1.807) is 12.1 Å². The van der Waals surface area contributed by atoms with E-state index in [0.717, 1.165) is 21.0 Å². The first kappa shape index (κ1) is 15.4. The van der Waals surface area contributed by atoms with Gasteiger partial charge in [-0.05, 0) is 23.6 Å². The van der Waals surface area contributed by atoms with Crippen molar-refractivity contribution in [2.45, 2.75) is 6.54 Å². The average molecular weight is 342 g/mol. The minimum Gasteiger partial charge on any atom is -0.305 e. The number of aromatic nitrogens is 1. The molecule has 1 amide bonds. The Morgan fingerprint density at radius 1 is 1.04 bits per heavy atom. The number of nitrogens with zero attached hydrogens (tertiary/aromatic N) is 2. The number of benzene rings is 3. The normalized spacial score (nSPS) is 11.7. The van der Waals surface area contributed by atoms with Gasteiger partial charge in [-0.15, -0.1) is 6.42 Å². The first-order valence-electron chi connectivity index (χ1n) is 7.86. The van der Waals surface area contributed by atoms with Crippen LogP contribution in [0.3, 0.4) is 0 Å². The fraction of sp³-hybridized carbons (Fsp3) is 0.0476. The monoisotopic (exact) mass is 342 g/mol. The Hall–Kier alpha value is -3.16. The van der Waals surface area contributed by atoms with Gasteiger partial charge < -0.3 is 4.57 Å². The van der Waals surface area contributed by atoms with E-state index in [1.165, 1.54) is 11.3 Å². The van der Waals surface area contributed by atoms with Gasteiger partial charge in [0.2, 0.25) is 0 Å². The van der Waals surface area contributed by atoms with Crippen molar-refractivity contribution in [3.8, 4) is 12.3 Å². The Morgan fingerprint density at radius 3 is 2.60 bits per heavy atom. The van der Waals surface area contributed by atoms with Crippen LogP contribution in [0.4, 0.5) is 0 Å². The summed E-state index contributed by atoms with van der Waals surface area (Å²) >= 11 is 1.50. The number of hydrogen-bond acceptors (Lipinski definition) is 2. The number of hydrogen-bond donors (Lipinski definition) is 0. The molecular weight excluding hydrogens is 328 g/mol. The molecule has 0 aliphatic heterocycles. The number of fused-ring (bicyclic) bond motifs is 3. The molecule has 0 bridgehead atoms. The molecule has 0 radical (unpaired) electrons. The Labute approximate surface area is 148 Å². The number of thiazole rings is 1. The van der Waals surface area contributed by atoms with Crippen LogP contribution in [0.5, 0.6) is 0 Å². The summed E-state index contributed by atoms with van der Waals surface area (Å²) in [7, 11) is 0. The van der Waals surface area contributed by atoms with E-state index in [-0.39, 0.29) is 5.91 Å². The fourth-order valence-corrected chi connectivity index (χ4v) is 4.02. The molecule has 0 N–H and O–H groups in total. The summed E-state index contributed by atoms with van der Waals surface area (Å²) < 4.78 is 3.01. The van der Waals surface area contributed by atoms with Gasteiger partial charge >= 0.3 is 0 Å². The van der Waals surface area contributed by atoms with E-state index in [2.05, 4.69) is 29.1 Å². The van der Waals surface area contributed by atoms with Crippen molar-refractivity contribution in [2.24, 2.45) is 4.99 Å². The molecule has 1 heterocycles. The lowest BCUT2D eigenvalue weighted by atomic mass is 10.1. The van der Waals surface area contributed by atoms with Gasteiger partial charge in [-0.2, -0.15) is 4.99 Å². The third-order valence-electron chi connectivity index (χ3n) is 4.04. The second-order valence-corrected chi connectivity index (χ2v) is 6.57. The van der Waals surface area contributed by atoms with Crippen molar-refractivity contribution < 1.29 is 4.79 Å². The van der Waals surface area contributed by atoms with E-state index in [0.29, 0.717) is 16.9 Å². The van der Waals surface area contributed by atoms with Gasteiger partial charge in [0.15, 0.2) is 4.80 Å². The van der Waals surface area contributed by atoms with Gasteiger partial charge in [-0.25, -0.2) is 0 Å². The lowest BCUT2D eigenvalue weighted by Crippen LogP contribution is -2.16. The Kier molecular flexibility index (Phi) is 3.93. The van der Waals surface area contributed by atoms with Crippen molar-refractivity contribution in [1.82, 2.24) is 4.57 Å². The predicted molar refractivity (Wildman–Crippen MR) is 102 cm³/mol. The van der Waals surface area contributed by atoms with Crippen LogP contribution in [0.2, 0.25) is 0 Å². The second kappa shape index (κ2) is 6.39. The van der Waals surface area contributed by atoms with Crippen molar-refractivity contribution in [3.63, 3.8) is 0 Å². The van der Waals surface area contributed by atoms with Gasteiger partial charge in [0.25, 0.3) is 5.91 Å². The topological polar surface area (TPSA) is 34.4 Å². The molecule has 0 spiro atoms. The van der Waals surface area contributed by atoms with Crippen molar-refractivity contribution in [3.05, 3.63) is 77.1 Å². The summed E-state index contributed by atoms with van der Waals surface area (Å²) in [6, 6.07) is 21.4. The Balaban J connectivity index is 1.98. The summed E-state index contributed by atoms with van der Waals surface area (Å²) in [6.45, 7) is 0.374. The molecule has 1 aromatic heterocycles. The van der Waals surface area contributed by atoms with E-state index in [9.17, 15) is 4.79 Å². The Morgan fingerprint density at radius 2 is 1.80 bits per heavy atom. The zero-order chi connectivity index (χ0) is 17.2.